The molecule has 0 spiro atoms. The molecule has 1 atom stereocenters. The molecule has 7 heteroatoms. The summed E-state index contributed by atoms with van der Waals surface area (Å²) in [6.07, 6.45) is 3.08. The van der Waals surface area contributed by atoms with E-state index in [4.69, 9.17) is 4.74 Å². The lowest BCUT2D eigenvalue weighted by Crippen LogP contribution is -2.44. The second-order valence-corrected chi connectivity index (χ2v) is 5.93. The number of rotatable bonds is 3. The fourth-order valence-electron chi connectivity index (χ4n) is 2.43. The predicted molar refractivity (Wildman–Crippen MR) is 79.7 cm³/mol. The molecule has 1 saturated heterocycles. The van der Waals surface area contributed by atoms with Crippen molar-refractivity contribution in [2.24, 2.45) is 5.92 Å². The highest BCUT2D eigenvalue weighted by Crippen LogP contribution is 2.18. The van der Waals surface area contributed by atoms with Crippen LogP contribution >= 0.6 is 15.9 Å². The van der Waals surface area contributed by atoms with Gasteiger partial charge in [0.15, 0.2) is 0 Å². The van der Waals surface area contributed by atoms with E-state index in [0.29, 0.717) is 13.1 Å². The van der Waals surface area contributed by atoms with Gasteiger partial charge in [0.1, 0.15) is 6.54 Å². The molecule has 1 fully saturated rings. The second-order valence-electron chi connectivity index (χ2n) is 5.02. The number of hydrogen-bond donors (Lipinski definition) is 0. The largest absolute Gasteiger partial charge is 0.469 e. The Labute approximate surface area is 130 Å². The molecule has 114 valence electrons. The third-order valence-corrected chi connectivity index (χ3v) is 4.03. The minimum absolute atomic E-state index is 0.0217. The Kier molecular flexibility index (Phi) is 5.17. The lowest BCUT2D eigenvalue weighted by atomic mass is 9.98. The summed E-state index contributed by atoms with van der Waals surface area (Å²) in [6, 6.07) is 3.04. The van der Waals surface area contributed by atoms with Crippen LogP contribution in [0, 0.1) is 5.92 Å². The Morgan fingerprint density at radius 1 is 1.43 bits per heavy atom. The van der Waals surface area contributed by atoms with Gasteiger partial charge in [-0.05, 0) is 34.8 Å². The minimum atomic E-state index is -0.285. The van der Waals surface area contributed by atoms with Gasteiger partial charge in [-0.25, -0.2) is 0 Å². The first-order valence-electron chi connectivity index (χ1n) is 6.73. The highest BCUT2D eigenvalue weighted by Gasteiger charge is 2.29. The number of carbonyl (C=O) groups excluding carboxylic acids is 2. The minimum Gasteiger partial charge on any atom is -0.469 e. The summed E-state index contributed by atoms with van der Waals surface area (Å²) >= 11 is 3.27. The first-order valence-corrected chi connectivity index (χ1v) is 7.52. The van der Waals surface area contributed by atoms with Gasteiger partial charge in [-0.15, -0.1) is 0 Å². The van der Waals surface area contributed by atoms with Crippen molar-refractivity contribution in [1.82, 2.24) is 9.47 Å². The fraction of sp³-hybridized carbons (Fsp3) is 0.500. The van der Waals surface area contributed by atoms with E-state index in [9.17, 15) is 14.4 Å². The zero-order chi connectivity index (χ0) is 15.4. The van der Waals surface area contributed by atoms with Crippen molar-refractivity contribution in [3.63, 3.8) is 0 Å². The Balaban J connectivity index is 2.04. The number of likely N-dealkylation sites (tertiary alicyclic amines) is 1. The molecule has 1 amide bonds. The van der Waals surface area contributed by atoms with Gasteiger partial charge in [0.2, 0.25) is 5.91 Å². The van der Waals surface area contributed by atoms with Crippen LogP contribution in [0.4, 0.5) is 0 Å². The zero-order valence-electron chi connectivity index (χ0n) is 11.8. The van der Waals surface area contributed by atoms with Crippen LogP contribution in [0.5, 0.6) is 0 Å². The number of amides is 1. The van der Waals surface area contributed by atoms with Crippen LogP contribution < -0.4 is 5.56 Å². The number of pyridine rings is 1. The van der Waals surface area contributed by atoms with Gasteiger partial charge in [-0.3, -0.25) is 14.4 Å². The van der Waals surface area contributed by atoms with Gasteiger partial charge in [0.25, 0.3) is 5.56 Å². The third kappa shape index (κ3) is 3.93. The van der Waals surface area contributed by atoms with E-state index < -0.39 is 0 Å². The lowest BCUT2D eigenvalue weighted by Gasteiger charge is -2.31. The van der Waals surface area contributed by atoms with Crippen molar-refractivity contribution < 1.29 is 14.3 Å². The molecule has 0 saturated carbocycles. The molecule has 2 rings (SSSR count). The Hall–Kier alpha value is -1.63. The van der Waals surface area contributed by atoms with Crippen molar-refractivity contribution in [2.75, 3.05) is 20.2 Å². The van der Waals surface area contributed by atoms with Gasteiger partial charge in [-0.2, -0.15) is 0 Å². The molecule has 0 N–H and O–H groups in total. The molecule has 0 unspecified atom stereocenters. The summed E-state index contributed by atoms with van der Waals surface area (Å²) in [5, 5.41) is 0. The summed E-state index contributed by atoms with van der Waals surface area (Å²) in [5.41, 5.74) is -0.229. The van der Waals surface area contributed by atoms with Crippen LogP contribution in [-0.2, 0) is 20.9 Å². The monoisotopic (exact) mass is 356 g/mol. The lowest BCUT2D eigenvalue weighted by molar-refractivity contribution is -0.149. The van der Waals surface area contributed by atoms with E-state index in [-0.39, 0.29) is 29.9 Å². The molecule has 1 aliphatic rings. The van der Waals surface area contributed by atoms with Crippen molar-refractivity contribution in [3.8, 4) is 0 Å². The molecule has 2 heterocycles. The number of piperidine rings is 1. The maximum atomic E-state index is 12.3. The first-order chi connectivity index (χ1) is 10.0. The maximum Gasteiger partial charge on any atom is 0.310 e. The van der Waals surface area contributed by atoms with E-state index in [2.05, 4.69) is 15.9 Å². The number of methoxy groups -OCH3 is 1. The maximum absolute atomic E-state index is 12.3. The van der Waals surface area contributed by atoms with Crippen LogP contribution in [-0.4, -0.2) is 41.5 Å². The molecule has 0 bridgehead atoms. The first kappa shape index (κ1) is 15.8. The number of esters is 1. The summed E-state index contributed by atoms with van der Waals surface area (Å²) in [6.45, 7) is 0.940. The number of halogens is 1. The van der Waals surface area contributed by atoms with E-state index in [0.717, 1.165) is 17.3 Å². The molecule has 0 aromatic carbocycles. The van der Waals surface area contributed by atoms with Gasteiger partial charge in [0, 0.05) is 29.8 Å². The molecule has 1 aromatic rings. The summed E-state index contributed by atoms with van der Waals surface area (Å²) < 4.78 is 6.82. The zero-order valence-corrected chi connectivity index (χ0v) is 13.3. The normalized spacial score (nSPS) is 18.4. The molecule has 1 aromatic heterocycles. The smallest absolute Gasteiger partial charge is 0.310 e. The van der Waals surface area contributed by atoms with Crippen LogP contribution in [0.1, 0.15) is 12.8 Å². The van der Waals surface area contributed by atoms with Crippen molar-refractivity contribution in [2.45, 2.75) is 19.4 Å². The van der Waals surface area contributed by atoms with E-state index >= 15 is 0 Å². The Morgan fingerprint density at radius 2 is 2.19 bits per heavy atom. The molecular formula is C14H17BrN2O4. The fourth-order valence-corrected chi connectivity index (χ4v) is 2.81. The Bertz CT molecular complexity index is 599. The molecule has 0 radical (unpaired) electrons. The van der Waals surface area contributed by atoms with Crippen molar-refractivity contribution >= 4 is 27.8 Å². The number of aromatic nitrogens is 1. The molecule has 1 aliphatic heterocycles. The Morgan fingerprint density at radius 3 is 2.90 bits per heavy atom. The molecule has 6 nitrogen and oxygen atoms in total. The molecule has 0 aliphatic carbocycles. The number of ether oxygens (including phenoxy) is 1. The summed E-state index contributed by atoms with van der Waals surface area (Å²) in [4.78, 5) is 37.2. The number of hydrogen-bond acceptors (Lipinski definition) is 4. The van der Waals surface area contributed by atoms with Crippen molar-refractivity contribution in [3.05, 3.63) is 33.2 Å². The van der Waals surface area contributed by atoms with E-state index in [1.165, 1.54) is 17.7 Å². The summed E-state index contributed by atoms with van der Waals surface area (Å²) in [7, 11) is 1.35. The standard InChI is InChI=1S/C14H17BrN2O4/c1-21-14(20)10-3-2-6-16(7-10)13(19)9-17-8-11(15)4-5-12(17)18/h4-5,8,10H,2-3,6-7,9H2,1H3/t10-/m0/s1. The molecular weight excluding hydrogens is 340 g/mol. The van der Waals surface area contributed by atoms with Gasteiger partial charge >= 0.3 is 5.97 Å². The van der Waals surface area contributed by atoms with E-state index in [1.807, 2.05) is 0 Å². The van der Waals surface area contributed by atoms with Crippen LogP contribution in [0.15, 0.2) is 27.6 Å². The third-order valence-electron chi connectivity index (χ3n) is 3.56. The SMILES string of the molecule is COC(=O)[C@H]1CCCN(C(=O)Cn2cc(Br)ccc2=O)C1. The average molecular weight is 357 g/mol. The highest BCUT2D eigenvalue weighted by atomic mass is 79.9. The molecule has 21 heavy (non-hydrogen) atoms. The average Bonchev–Trinajstić information content (AvgIpc) is 2.50. The summed E-state index contributed by atoms with van der Waals surface area (Å²) in [5.74, 6) is -0.720. The number of carbonyl (C=O) groups is 2. The topological polar surface area (TPSA) is 68.6 Å². The van der Waals surface area contributed by atoms with E-state index in [1.54, 1.807) is 17.2 Å². The van der Waals surface area contributed by atoms with Crippen molar-refractivity contribution in [1.29, 1.82) is 0 Å². The van der Waals surface area contributed by atoms with Gasteiger partial charge in [0.05, 0.1) is 13.0 Å². The highest BCUT2D eigenvalue weighted by molar-refractivity contribution is 9.10. The quantitative estimate of drug-likeness (QED) is 0.758. The van der Waals surface area contributed by atoms with Gasteiger partial charge in [-0.1, -0.05) is 0 Å². The predicted octanol–water partition coefficient (Wildman–Crippen LogP) is 1.02. The van der Waals surface area contributed by atoms with Crippen LogP contribution in [0.25, 0.3) is 0 Å². The van der Waals surface area contributed by atoms with Crippen LogP contribution in [0.3, 0.4) is 0 Å². The number of nitrogens with zero attached hydrogens (tertiary/aromatic N) is 2. The second kappa shape index (κ2) is 6.89. The van der Waals surface area contributed by atoms with Gasteiger partial charge < -0.3 is 14.2 Å². The van der Waals surface area contributed by atoms with Crippen LogP contribution in [0.2, 0.25) is 0 Å².